The second-order valence-electron chi connectivity index (χ2n) is 9.07. The van der Waals surface area contributed by atoms with Crippen molar-refractivity contribution in [1.82, 2.24) is 0 Å². The molecule has 0 aliphatic heterocycles. The first-order chi connectivity index (χ1) is 16.5. The molecule has 4 aromatic rings. The standard InChI is InChI=1S/C31H35N3/c1-6-23-15-14-20-27(31(23)32-24-16-8-7-9-17-24)30(25-18-10-12-21-28(25)33(2)3)26-19-11-13-22-29(26)34(4)5/h7-22,30,32H,6H2,1-5H3. The summed E-state index contributed by atoms with van der Waals surface area (Å²) in [6.45, 7) is 2.23. The van der Waals surface area contributed by atoms with Crippen LogP contribution >= 0.6 is 0 Å². The maximum atomic E-state index is 3.78. The molecule has 0 saturated heterocycles. The molecule has 0 unspecified atom stereocenters. The van der Waals surface area contributed by atoms with E-state index in [1.54, 1.807) is 0 Å². The molecular formula is C31H35N3. The quantitative estimate of drug-likeness (QED) is 0.285. The lowest BCUT2D eigenvalue weighted by molar-refractivity contribution is 0.940. The van der Waals surface area contributed by atoms with E-state index in [0.717, 1.165) is 12.1 Å². The summed E-state index contributed by atoms with van der Waals surface area (Å²) in [5.41, 5.74) is 9.95. The summed E-state index contributed by atoms with van der Waals surface area (Å²) in [7, 11) is 8.50. The molecule has 4 aromatic carbocycles. The summed E-state index contributed by atoms with van der Waals surface area (Å²) in [6.07, 6.45) is 0.959. The SMILES string of the molecule is CCc1cccc(C(c2ccccc2N(C)C)c2ccccc2N(C)C)c1Nc1ccccc1. The number of hydrogen-bond acceptors (Lipinski definition) is 3. The number of hydrogen-bond donors (Lipinski definition) is 1. The van der Waals surface area contributed by atoms with Gasteiger partial charge in [0, 0.05) is 56.9 Å². The Morgan fingerprint density at radius 1 is 0.588 bits per heavy atom. The zero-order chi connectivity index (χ0) is 24.1. The van der Waals surface area contributed by atoms with Gasteiger partial charge in [0.05, 0.1) is 0 Å². The van der Waals surface area contributed by atoms with Crippen molar-refractivity contribution in [3.8, 4) is 0 Å². The van der Waals surface area contributed by atoms with Gasteiger partial charge in [-0.3, -0.25) is 0 Å². The van der Waals surface area contributed by atoms with Crippen molar-refractivity contribution in [3.63, 3.8) is 0 Å². The first-order valence-electron chi connectivity index (χ1n) is 12.0. The van der Waals surface area contributed by atoms with Crippen molar-refractivity contribution in [3.05, 3.63) is 119 Å². The molecule has 3 nitrogen and oxygen atoms in total. The second kappa shape index (κ2) is 10.5. The first-order valence-corrected chi connectivity index (χ1v) is 12.0. The number of para-hydroxylation sites is 4. The van der Waals surface area contributed by atoms with Gasteiger partial charge in [0.15, 0.2) is 0 Å². The summed E-state index contributed by atoms with van der Waals surface area (Å²) < 4.78 is 0. The van der Waals surface area contributed by atoms with Crippen LogP contribution in [0.4, 0.5) is 22.7 Å². The van der Waals surface area contributed by atoms with E-state index in [1.807, 2.05) is 0 Å². The lowest BCUT2D eigenvalue weighted by Gasteiger charge is -2.30. The molecule has 0 radical (unpaired) electrons. The van der Waals surface area contributed by atoms with E-state index in [4.69, 9.17) is 0 Å². The maximum absolute atomic E-state index is 3.78. The van der Waals surface area contributed by atoms with Gasteiger partial charge < -0.3 is 15.1 Å². The fraction of sp³-hybridized carbons (Fsp3) is 0.226. The predicted octanol–water partition coefficient (Wildman–Crippen LogP) is 7.30. The maximum Gasteiger partial charge on any atom is 0.0458 e. The van der Waals surface area contributed by atoms with Gasteiger partial charge in [-0.25, -0.2) is 0 Å². The molecular weight excluding hydrogens is 414 g/mol. The van der Waals surface area contributed by atoms with Crippen molar-refractivity contribution in [2.75, 3.05) is 43.3 Å². The van der Waals surface area contributed by atoms with Gasteiger partial charge >= 0.3 is 0 Å². The monoisotopic (exact) mass is 449 g/mol. The minimum Gasteiger partial charge on any atom is -0.377 e. The van der Waals surface area contributed by atoms with E-state index in [1.165, 1.54) is 39.3 Å². The van der Waals surface area contributed by atoms with Gasteiger partial charge in [0.25, 0.3) is 0 Å². The average molecular weight is 450 g/mol. The van der Waals surface area contributed by atoms with Crippen LogP contribution in [-0.2, 0) is 6.42 Å². The van der Waals surface area contributed by atoms with E-state index in [0.29, 0.717) is 0 Å². The van der Waals surface area contributed by atoms with Crippen LogP contribution in [0.5, 0.6) is 0 Å². The molecule has 0 aliphatic rings. The van der Waals surface area contributed by atoms with Crippen LogP contribution in [0.1, 0.15) is 35.1 Å². The Balaban J connectivity index is 2.02. The molecule has 0 atom stereocenters. The highest BCUT2D eigenvalue weighted by Crippen LogP contribution is 2.44. The summed E-state index contributed by atoms with van der Waals surface area (Å²) in [6, 6.07) is 34.7. The Bertz CT molecular complexity index is 1180. The fourth-order valence-electron chi connectivity index (χ4n) is 4.75. The molecule has 0 aliphatic carbocycles. The Morgan fingerprint density at radius 3 is 1.62 bits per heavy atom. The fourth-order valence-corrected chi connectivity index (χ4v) is 4.75. The lowest BCUT2D eigenvalue weighted by atomic mass is 9.81. The number of benzene rings is 4. The molecule has 3 heteroatoms. The third-order valence-electron chi connectivity index (χ3n) is 6.38. The number of nitrogens with one attached hydrogen (secondary N) is 1. The molecule has 4 rings (SSSR count). The highest BCUT2D eigenvalue weighted by atomic mass is 15.1. The van der Waals surface area contributed by atoms with Gasteiger partial charge in [0.2, 0.25) is 0 Å². The summed E-state index contributed by atoms with van der Waals surface area (Å²) in [5, 5.41) is 3.78. The predicted molar refractivity (Wildman–Crippen MR) is 148 cm³/mol. The van der Waals surface area contributed by atoms with Crippen LogP contribution < -0.4 is 15.1 Å². The molecule has 0 amide bonds. The minimum atomic E-state index is 0.0647. The molecule has 1 N–H and O–H groups in total. The minimum absolute atomic E-state index is 0.0647. The molecule has 174 valence electrons. The average Bonchev–Trinajstić information content (AvgIpc) is 2.86. The van der Waals surface area contributed by atoms with E-state index in [9.17, 15) is 0 Å². The third-order valence-corrected chi connectivity index (χ3v) is 6.38. The zero-order valence-electron chi connectivity index (χ0n) is 20.9. The lowest BCUT2D eigenvalue weighted by Crippen LogP contribution is -2.18. The smallest absolute Gasteiger partial charge is 0.0458 e. The van der Waals surface area contributed by atoms with Crippen molar-refractivity contribution in [2.45, 2.75) is 19.3 Å². The van der Waals surface area contributed by atoms with Crippen LogP contribution in [0, 0.1) is 0 Å². The third kappa shape index (κ3) is 4.79. The van der Waals surface area contributed by atoms with Gasteiger partial charge in [-0.1, -0.05) is 79.7 Å². The van der Waals surface area contributed by atoms with Crippen LogP contribution in [0.15, 0.2) is 97.1 Å². The Kier molecular flexibility index (Phi) is 7.22. The Morgan fingerprint density at radius 2 is 1.09 bits per heavy atom. The number of nitrogens with zero attached hydrogens (tertiary/aromatic N) is 2. The van der Waals surface area contributed by atoms with Gasteiger partial charge in [-0.15, -0.1) is 0 Å². The van der Waals surface area contributed by atoms with Crippen molar-refractivity contribution in [1.29, 1.82) is 0 Å². The summed E-state index contributed by atoms with van der Waals surface area (Å²) >= 11 is 0. The molecule has 0 fully saturated rings. The zero-order valence-corrected chi connectivity index (χ0v) is 20.9. The summed E-state index contributed by atoms with van der Waals surface area (Å²) in [4.78, 5) is 4.43. The van der Waals surface area contributed by atoms with Gasteiger partial charge in [-0.2, -0.15) is 0 Å². The molecule has 0 saturated carbocycles. The number of rotatable bonds is 8. The normalized spacial score (nSPS) is 10.9. The molecule has 0 aromatic heterocycles. The highest BCUT2D eigenvalue weighted by Gasteiger charge is 2.26. The van der Waals surface area contributed by atoms with Crippen molar-refractivity contribution >= 4 is 22.7 Å². The van der Waals surface area contributed by atoms with E-state index in [2.05, 4.69) is 147 Å². The van der Waals surface area contributed by atoms with Crippen LogP contribution in [0.2, 0.25) is 0 Å². The summed E-state index contributed by atoms with van der Waals surface area (Å²) in [5.74, 6) is 0.0647. The van der Waals surface area contributed by atoms with E-state index in [-0.39, 0.29) is 5.92 Å². The first kappa shape index (κ1) is 23.4. The largest absolute Gasteiger partial charge is 0.377 e. The topological polar surface area (TPSA) is 18.5 Å². The molecule has 0 bridgehead atoms. The molecule has 0 heterocycles. The van der Waals surface area contributed by atoms with Crippen LogP contribution in [0.25, 0.3) is 0 Å². The van der Waals surface area contributed by atoms with Gasteiger partial charge in [0.1, 0.15) is 0 Å². The highest BCUT2D eigenvalue weighted by molar-refractivity contribution is 5.74. The van der Waals surface area contributed by atoms with Crippen LogP contribution in [0.3, 0.4) is 0 Å². The van der Waals surface area contributed by atoms with E-state index >= 15 is 0 Å². The van der Waals surface area contributed by atoms with Crippen LogP contribution in [-0.4, -0.2) is 28.2 Å². The Labute approximate surface area is 204 Å². The van der Waals surface area contributed by atoms with Crippen molar-refractivity contribution < 1.29 is 0 Å². The Hall–Kier alpha value is -3.72. The van der Waals surface area contributed by atoms with Crippen molar-refractivity contribution in [2.24, 2.45) is 0 Å². The van der Waals surface area contributed by atoms with E-state index < -0.39 is 0 Å². The van der Waals surface area contributed by atoms with Gasteiger partial charge in [-0.05, 0) is 52.9 Å². The molecule has 34 heavy (non-hydrogen) atoms. The number of aryl methyl sites for hydroxylation is 1. The second-order valence-corrected chi connectivity index (χ2v) is 9.07. The number of anilines is 4. The molecule has 0 spiro atoms.